The second kappa shape index (κ2) is 7.78. The highest BCUT2D eigenvalue weighted by atomic mass is 35.5. The molecular weight excluding hydrogens is 414 g/mol. The van der Waals surface area contributed by atoms with Crippen molar-refractivity contribution in [3.63, 3.8) is 0 Å². The van der Waals surface area contributed by atoms with E-state index >= 15 is 0 Å². The number of amides is 1. The lowest BCUT2D eigenvalue weighted by Crippen LogP contribution is -2.13. The molecule has 0 saturated heterocycles. The first-order valence-electron chi connectivity index (χ1n) is 8.72. The number of nitrogens with one attached hydrogen (secondary N) is 2. The number of aromatic nitrogens is 1. The highest BCUT2D eigenvalue weighted by Gasteiger charge is 2.15. The Morgan fingerprint density at radius 2 is 1.83 bits per heavy atom. The van der Waals surface area contributed by atoms with Gasteiger partial charge in [0.05, 0.1) is 16.1 Å². The van der Waals surface area contributed by atoms with Gasteiger partial charge in [-0.3, -0.25) is 4.79 Å². The Balaban J connectivity index is 1.56. The second-order valence-corrected chi connectivity index (χ2v) is 7.35. The molecule has 146 valence electrons. The summed E-state index contributed by atoms with van der Waals surface area (Å²) in [6, 6.07) is 14.3. The zero-order chi connectivity index (χ0) is 20.5. The highest BCUT2D eigenvalue weighted by Crippen LogP contribution is 2.32. The summed E-state index contributed by atoms with van der Waals surface area (Å²) in [6.07, 6.45) is 1.74. The van der Waals surface area contributed by atoms with Gasteiger partial charge in [-0.05, 0) is 67.1 Å². The maximum Gasteiger partial charge on any atom is 0.257 e. The highest BCUT2D eigenvalue weighted by molar-refractivity contribution is 6.32. The van der Waals surface area contributed by atoms with Crippen molar-refractivity contribution in [2.75, 3.05) is 5.32 Å². The number of carbonyl (C=O) groups is 1. The molecule has 29 heavy (non-hydrogen) atoms. The van der Waals surface area contributed by atoms with Gasteiger partial charge in [0.25, 0.3) is 5.91 Å². The second-order valence-electron chi connectivity index (χ2n) is 6.50. The Hall–Kier alpha value is -3.02. The van der Waals surface area contributed by atoms with E-state index in [1.165, 1.54) is 12.1 Å². The first kappa shape index (κ1) is 19.3. The molecule has 1 aromatic heterocycles. The molecule has 2 N–H and O–H groups in total. The van der Waals surface area contributed by atoms with Gasteiger partial charge in [0.2, 0.25) is 0 Å². The molecule has 4 aromatic rings. The van der Waals surface area contributed by atoms with E-state index < -0.39 is 11.7 Å². The average Bonchev–Trinajstić information content (AvgIpc) is 3.05. The van der Waals surface area contributed by atoms with Gasteiger partial charge in [-0.15, -0.1) is 0 Å². The molecule has 0 aliphatic carbocycles. The number of ether oxygens (including phenoxy) is 1. The Morgan fingerprint density at radius 1 is 1.07 bits per heavy atom. The Morgan fingerprint density at radius 3 is 2.55 bits per heavy atom. The normalized spacial score (nSPS) is 10.9. The molecule has 1 heterocycles. The molecule has 3 aromatic carbocycles. The van der Waals surface area contributed by atoms with Crippen LogP contribution in [-0.2, 0) is 0 Å². The summed E-state index contributed by atoms with van der Waals surface area (Å²) in [6.45, 7) is 1.85. The Kier molecular flexibility index (Phi) is 5.18. The molecule has 4 nitrogen and oxygen atoms in total. The molecule has 0 radical (unpaired) electrons. The van der Waals surface area contributed by atoms with Gasteiger partial charge in [0.1, 0.15) is 17.3 Å². The Labute approximate surface area is 176 Å². The largest absolute Gasteiger partial charge is 0.456 e. The van der Waals surface area contributed by atoms with Gasteiger partial charge in [0.15, 0.2) is 0 Å². The number of benzene rings is 3. The lowest BCUT2D eigenvalue weighted by molar-refractivity contribution is 0.102. The van der Waals surface area contributed by atoms with Crippen molar-refractivity contribution in [1.29, 1.82) is 0 Å². The van der Waals surface area contributed by atoms with Crippen molar-refractivity contribution < 1.29 is 13.9 Å². The quantitative estimate of drug-likeness (QED) is 0.368. The third-order valence-electron chi connectivity index (χ3n) is 4.44. The lowest BCUT2D eigenvalue weighted by atomic mass is 10.1. The maximum atomic E-state index is 14.0. The van der Waals surface area contributed by atoms with Gasteiger partial charge in [-0.25, -0.2) is 4.39 Å². The van der Waals surface area contributed by atoms with Crippen LogP contribution in [0.5, 0.6) is 11.5 Å². The van der Waals surface area contributed by atoms with Crippen LogP contribution in [0.2, 0.25) is 10.0 Å². The molecule has 7 heteroatoms. The SMILES string of the molecule is Cc1c[nH]c2c(C(=O)Nc3ccc(Oc4ccc(Cl)cc4)c(Cl)c3)cc(F)cc12. The minimum Gasteiger partial charge on any atom is -0.456 e. The third kappa shape index (κ3) is 4.06. The number of halogens is 3. The van der Waals surface area contributed by atoms with E-state index in [-0.39, 0.29) is 5.56 Å². The molecule has 0 unspecified atom stereocenters. The summed E-state index contributed by atoms with van der Waals surface area (Å²) < 4.78 is 19.7. The minimum atomic E-state index is -0.477. The summed E-state index contributed by atoms with van der Waals surface area (Å²) in [5, 5.41) is 4.33. The smallest absolute Gasteiger partial charge is 0.257 e. The molecule has 0 aliphatic rings. The summed E-state index contributed by atoms with van der Waals surface area (Å²) >= 11 is 12.2. The van der Waals surface area contributed by atoms with Gasteiger partial charge >= 0.3 is 0 Å². The summed E-state index contributed by atoms with van der Waals surface area (Å²) in [4.78, 5) is 15.7. The molecule has 0 spiro atoms. The van der Waals surface area contributed by atoms with E-state index in [4.69, 9.17) is 27.9 Å². The summed E-state index contributed by atoms with van der Waals surface area (Å²) in [5.41, 5.74) is 2.12. The van der Waals surface area contributed by atoms with E-state index in [1.807, 2.05) is 6.92 Å². The van der Waals surface area contributed by atoms with E-state index in [2.05, 4.69) is 10.3 Å². The first-order chi connectivity index (χ1) is 13.9. The predicted octanol–water partition coefficient (Wildman–Crippen LogP) is 6.97. The number of carbonyl (C=O) groups excluding carboxylic acids is 1. The van der Waals surface area contributed by atoms with Crippen LogP contribution in [0.1, 0.15) is 15.9 Å². The van der Waals surface area contributed by atoms with Crippen molar-refractivity contribution in [2.45, 2.75) is 6.92 Å². The van der Waals surface area contributed by atoms with E-state index in [0.717, 1.165) is 5.56 Å². The number of hydrogen-bond donors (Lipinski definition) is 2. The predicted molar refractivity (Wildman–Crippen MR) is 114 cm³/mol. The standard InChI is InChI=1S/C22H15Cl2FN2O2/c1-12-11-26-21-17(12)8-14(25)9-18(21)22(28)27-15-4-7-20(19(24)10-15)29-16-5-2-13(23)3-6-16/h2-11,26H,1H3,(H,27,28). The minimum absolute atomic E-state index is 0.214. The first-order valence-corrected chi connectivity index (χ1v) is 9.48. The number of aromatic amines is 1. The molecular formula is C22H15Cl2FN2O2. The molecule has 0 atom stereocenters. The zero-order valence-corrected chi connectivity index (χ0v) is 16.7. The van der Waals surface area contributed by atoms with Gasteiger partial charge in [-0.2, -0.15) is 0 Å². The van der Waals surface area contributed by atoms with Crippen LogP contribution >= 0.6 is 23.2 Å². The number of aryl methyl sites for hydroxylation is 1. The van der Waals surface area contributed by atoms with Gasteiger partial charge < -0.3 is 15.0 Å². The molecule has 0 bridgehead atoms. The number of rotatable bonds is 4. The van der Waals surface area contributed by atoms with Crippen molar-refractivity contribution in [3.05, 3.63) is 87.8 Å². The zero-order valence-electron chi connectivity index (χ0n) is 15.2. The van der Waals surface area contributed by atoms with Crippen LogP contribution < -0.4 is 10.1 Å². The van der Waals surface area contributed by atoms with Crippen LogP contribution in [0.3, 0.4) is 0 Å². The summed E-state index contributed by atoms with van der Waals surface area (Å²) in [5.74, 6) is 0.0892. The maximum absolute atomic E-state index is 14.0. The number of anilines is 1. The van der Waals surface area contributed by atoms with Crippen LogP contribution in [0, 0.1) is 12.7 Å². The van der Waals surface area contributed by atoms with Gasteiger partial charge in [0, 0.05) is 22.3 Å². The van der Waals surface area contributed by atoms with Crippen LogP contribution in [0.25, 0.3) is 10.9 Å². The fourth-order valence-corrected chi connectivity index (χ4v) is 3.35. The van der Waals surface area contributed by atoms with E-state index in [0.29, 0.717) is 38.1 Å². The number of H-pyrrole nitrogens is 1. The molecule has 0 aliphatic heterocycles. The van der Waals surface area contributed by atoms with E-state index in [1.54, 1.807) is 48.7 Å². The van der Waals surface area contributed by atoms with Crippen LogP contribution in [0.15, 0.2) is 60.8 Å². The molecule has 4 rings (SSSR count). The lowest BCUT2D eigenvalue weighted by Gasteiger charge is -2.11. The monoisotopic (exact) mass is 428 g/mol. The topological polar surface area (TPSA) is 54.1 Å². The molecule has 0 fully saturated rings. The molecule has 1 amide bonds. The fourth-order valence-electron chi connectivity index (χ4n) is 3.00. The number of fused-ring (bicyclic) bond motifs is 1. The number of hydrogen-bond acceptors (Lipinski definition) is 2. The van der Waals surface area contributed by atoms with Crippen molar-refractivity contribution in [3.8, 4) is 11.5 Å². The summed E-state index contributed by atoms with van der Waals surface area (Å²) in [7, 11) is 0. The fraction of sp³-hybridized carbons (Fsp3) is 0.0455. The van der Waals surface area contributed by atoms with Crippen LogP contribution in [0.4, 0.5) is 10.1 Å². The third-order valence-corrected chi connectivity index (χ3v) is 4.98. The van der Waals surface area contributed by atoms with Crippen molar-refractivity contribution in [1.82, 2.24) is 4.98 Å². The van der Waals surface area contributed by atoms with E-state index in [9.17, 15) is 9.18 Å². The average molecular weight is 429 g/mol. The van der Waals surface area contributed by atoms with Gasteiger partial charge in [-0.1, -0.05) is 23.2 Å². The van der Waals surface area contributed by atoms with Crippen LogP contribution in [-0.4, -0.2) is 10.9 Å². The molecule has 0 saturated carbocycles. The van der Waals surface area contributed by atoms with Crippen molar-refractivity contribution >= 4 is 45.7 Å². The Bertz CT molecular complexity index is 1220. The van der Waals surface area contributed by atoms with Crippen molar-refractivity contribution in [2.24, 2.45) is 0 Å².